The third kappa shape index (κ3) is 4.97. The Labute approximate surface area is 143 Å². The van der Waals surface area contributed by atoms with Crippen molar-refractivity contribution in [1.29, 1.82) is 0 Å². The number of hydrogen-bond acceptors (Lipinski definition) is 3. The van der Waals surface area contributed by atoms with E-state index in [9.17, 15) is 0 Å². The van der Waals surface area contributed by atoms with Crippen molar-refractivity contribution < 1.29 is 9.47 Å². The molecule has 23 heavy (non-hydrogen) atoms. The highest BCUT2D eigenvalue weighted by molar-refractivity contribution is 8.04. The monoisotopic (exact) mass is 326 g/mol. The summed E-state index contributed by atoms with van der Waals surface area (Å²) in [7, 11) is 1.65. The average molecular weight is 326 g/mol. The molecule has 0 fully saturated rings. The SMILES string of the molecule is COc1ccc(Oc2cc(C)c(C#CSC(C)C)c(C)c2)cc1. The minimum absolute atomic E-state index is 0.515. The van der Waals surface area contributed by atoms with Crippen molar-refractivity contribution in [2.45, 2.75) is 32.9 Å². The van der Waals surface area contributed by atoms with Crippen LogP contribution in [0.1, 0.15) is 30.5 Å². The third-order valence-corrected chi connectivity index (χ3v) is 3.96. The molecular formula is C20H22O2S. The fourth-order valence-electron chi connectivity index (χ4n) is 2.16. The zero-order chi connectivity index (χ0) is 16.8. The van der Waals surface area contributed by atoms with E-state index in [1.54, 1.807) is 18.9 Å². The van der Waals surface area contributed by atoms with Crippen LogP contribution in [0, 0.1) is 25.0 Å². The molecule has 0 N–H and O–H groups in total. The predicted molar refractivity (Wildman–Crippen MR) is 98.6 cm³/mol. The predicted octanol–water partition coefficient (Wildman–Crippen LogP) is 5.55. The molecule has 2 nitrogen and oxygen atoms in total. The van der Waals surface area contributed by atoms with E-state index < -0.39 is 0 Å². The van der Waals surface area contributed by atoms with Gasteiger partial charge in [0.2, 0.25) is 0 Å². The maximum atomic E-state index is 5.93. The highest BCUT2D eigenvalue weighted by Gasteiger charge is 2.05. The van der Waals surface area contributed by atoms with E-state index in [4.69, 9.17) is 9.47 Å². The molecule has 0 aliphatic carbocycles. The summed E-state index contributed by atoms with van der Waals surface area (Å²) in [6.45, 7) is 8.42. The van der Waals surface area contributed by atoms with Crippen molar-refractivity contribution in [3.05, 3.63) is 53.1 Å². The Morgan fingerprint density at radius 1 is 0.913 bits per heavy atom. The lowest BCUT2D eigenvalue weighted by atomic mass is 10.0. The summed E-state index contributed by atoms with van der Waals surface area (Å²) in [5, 5.41) is 3.69. The largest absolute Gasteiger partial charge is 0.497 e. The zero-order valence-corrected chi connectivity index (χ0v) is 15.1. The van der Waals surface area contributed by atoms with Crippen LogP contribution >= 0.6 is 11.8 Å². The second-order valence-electron chi connectivity index (χ2n) is 5.60. The molecule has 0 aliphatic heterocycles. The second kappa shape index (κ2) is 7.99. The first kappa shape index (κ1) is 17.3. The molecule has 0 saturated carbocycles. The fraction of sp³-hybridized carbons (Fsp3) is 0.300. The smallest absolute Gasteiger partial charge is 0.128 e. The third-order valence-electron chi connectivity index (χ3n) is 3.27. The minimum Gasteiger partial charge on any atom is -0.497 e. The van der Waals surface area contributed by atoms with Crippen molar-refractivity contribution >= 4 is 11.8 Å². The Morgan fingerprint density at radius 2 is 1.48 bits per heavy atom. The van der Waals surface area contributed by atoms with Crippen molar-refractivity contribution in [2.75, 3.05) is 7.11 Å². The molecule has 3 heteroatoms. The summed E-state index contributed by atoms with van der Waals surface area (Å²) in [6, 6.07) is 11.6. The maximum Gasteiger partial charge on any atom is 0.128 e. The minimum atomic E-state index is 0.515. The molecule has 0 aromatic heterocycles. The summed E-state index contributed by atoms with van der Waals surface area (Å²) in [6.07, 6.45) is 0. The number of hydrogen-bond donors (Lipinski definition) is 0. The van der Waals surface area contributed by atoms with Gasteiger partial charge in [-0.25, -0.2) is 0 Å². The van der Waals surface area contributed by atoms with Crippen LogP contribution in [0.2, 0.25) is 0 Å². The lowest BCUT2D eigenvalue weighted by molar-refractivity contribution is 0.413. The summed E-state index contributed by atoms with van der Waals surface area (Å²) < 4.78 is 11.1. The highest BCUT2D eigenvalue weighted by atomic mass is 32.2. The first-order valence-corrected chi connectivity index (χ1v) is 8.47. The highest BCUT2D eigenvalue weighted by Crippen LogP contribution is 2.27. The lowest BCUT2D eigenvalue weighted by Crippen LogP contribution is -1.92. The standard InChI is InChI=1S/C20H22O2S/c1-14(2)23-11-10-20-15(3)12-19(13-16(20)4)22-18-8-6-17(21-5)7-9-18/h6-9,12-14H,1-5H3. The fourth-order valence-corrected chi connectivity index (χ4v) is 2.55. The van der Waals surface area contributed by atoms with E-state index in [1.807, 2.05) is 36.4 Å². The number of aryl methyl sites for hydroxylation is 2. The van der Waals surface area contributed by atoms with Crippen molar-refractivity contribution in [1.82, 2.24) is 0 Å². The van der Waals surface area contributed by atoms with Gasteiger partial charge in [0.05, 0.1) is 7.11 Å². The van der Waals surface area contributed by atoms with Crippen molar-refractivity contribution in [3.8, 4) is 28.4 Å². The van der Waals surface area contributed by atoms with E-state index in [0.717, 1.165) is 33.9 Å². The molecule has 0 saturated heterocycles. The number of methoxy groups -OCH3 is 1. The van der Waals surface area contributed by atoms with Crippen molar-refractivity contribution in [2.24, 2.45) is 0 Å². The second-order valence-corrected chi connectivity index (χ2v) is 6.99. The van der Waals surface area contributed by atoms with Gasteiger partial charge in [-0.1, -0.05) is 31.5 Å². The van der Waals surface area contributed by atoms with Gasteiger partial charge < -0.3 is 9.47 Å². The van der Waals surface area contributed by atoms with Gasteiger partial charge in [-0.3, -0.25) is 0 Å². The van der Waals surface area contributed by atoms with Crippen LogP contribution in [0.3, 0.4) is 0 Å². The van der Waals surface area contributed by atoms with Gasteiger partial charge in [-0.2, -0.15) is 0 Å². The van der Waals surface area contributed by atoms with E-state index in [-0.39, 0.29) is 0 Å². The van der Waals surface area contributed by atoms with Crippen LogP contribution in [-0.4, -0.2) is 12.4 Å². The molecule has 0 atom stereocenters. The molecule has 0 spiro atoms. The number of rotatable bonds is 4. The summed E-state index contributed by atoms with van der Waals surface area (Å²) in [5.41, 5.74) is 3.34. The molecular weight excluding hydrogens is 304 g/mol. The van der Waals surface area contributed by atoms with Crippen LogP contribution in [0.5, 0.6) is 17.2 Å². The topological polar surface area (TPSA) is 18.5 Å². The Bertz CT molecular complexity index is 699. The van der Waals surface area contributed by atoms with Gasteiger partial charge in [-0.05, 0) is 66.6 Å². The normalized spacial score (nSPS) is 10.2. The van der Waals surface area contributed by atoms with Crippen LogP contribution in [0.15, 0.2) is 36.4 Å². The molecule has 0 amide bonds. The van der Waals surface area contributed by atoms with Gasteiger partial charge in [0.25, 0.3) is 0 Å². The Hall–Kier alpha value is -2.05. The van der Waals surface area contributed by atoms with Crippen LogP contribution in [0.4, 0.5) is 0 Å². The average Bonchev–Trinajstić information content (AvgIpc) is 2.50. The Kier molecular flexibility index (Phi) is 6.01. The van der Waals surface area contributed by atoms with Gasteiger partial charge >= 0.3 is 0 Å². The van der Waals surface area contributed by atoms with E-state index in [0.29, 0.717) is 5.25 Å². The molecule has 0 heterocycles. The van der Waals surface area contributed by atoms with Crippen LogP contribution in [0.25, 0.3) is 0 Å². The van der Waals surface area contributed by atoms with Gasteiger partial charge in [-0.15, -0.1) is 0 Å². The Balaban J connectivity index is 2.19. The maximum absolute atomic E-state index is 5.93. The molecule has 2 aromatic rings. The van der Waals surface area contributed by atoms with E-state index in [2.05, 4.69) is 38.9 Å². The molecule has 2 rings (SSSR count). The van der Waals surface area contributed by atoms with Gasteiger partial charge in [0.1, 0.15) is 17.2 Å². The first-order chi connectivity index (χ1) is 11.0. The van der Waals surface area contributed by atoms with Crippen molar-refractivity contribution in [3.63, 3.8) is 0 Å². The van der Waals surface area contributed by atoms with Crippen LogP contribution in [-0.2, 0) is 0 Å². The number of thioether (sulfide) groups is 1. The summed E-state index contributed by atoms with van der Waals surface area (Å²) in [4.78, 5) is 0. The Morgan fingerprint density at radius 3 is 2.00 bits per heavy atom. The summed E-state index contributed by atoms with van der Waals surface area (Å²) >= 11 is 1.65. The van der Waals surface area contributed by atoms with Gasteiger partial charge in [0, 0.05) is 10.8 Å². The molecule has 0 aliphatic rings. The number of ether oxygens (including phenoxy) is 2. The quantitative estimate of drug-likeness (QED) is 0.686. The van der Waals surface area contributed by atoms with E-state index >= 15 is 0 Å². The molecule has 0 radical (unpaired) electrons. The van der Waals surface area contributed by atoms with Crippen LogP contribution < -0.4 is 9.47 Å². The first-order valence-electron chi connectivity index (χ1n) is 7.59. The van der Waals surface area contributed by atoms with Gasteiger partial charge in [0.15, 0.2) is 0 Å². The molecule has 2 aromatic carbocycles. The molecule has 0 bridgehead atoms. The molecule has 120 valence electrons. The summed E-state index contributed by atoms with van der Waals surface area (Å²) in [5.74, 6) is 5.69. The number of benzene rings is 2. The molecule has 0 unspecified atom stereocenters. The van der Waals surface area contributed by atoms with E-state index in [1.165, 1.54) is 0 Å². The zero-order valence-electron chi connectivity index (χ0n) is 14.3. The lowest BCUT2D eigenvalue weighted by Gasteiger charge is -2.10.